The number of carbonyl (C=O) groups is 6. The number of nitrogens with one attached hydrogen (secondary N) is 3. The van der Waals surface area contributed by atoms with Crippen LogP contribution in [-0.2, 0) is 24.0 Å². The second kappa shape index (κ2) is 11.5. The number of likely N-dealkylation sites (tertiary alicyclic amines) is 1. The lowest BCUT2D eigenvalue weighted by atomic mass is 9.84. The zero-order valence-electron chi connectivity index (χ0n) is 26.8. The van der Waals surface area contributed by atoms with Gasteiger partial charge < -0.3 is 31.5 Å². The number of nitrogens with zero attached hydrogens (tertiary/aromatic N) is 2. The third-order valence-corrected chi connectivity index (χ3v) is 9.12. The Labute approximate surface area is 249 Å². The van der Waals surface area contributed by atoms with Crippen LogP contribution in [0.15, 0.2) is 0 Å². The summed E-state index contributed by atoms with van der Waals surface area (Å²) in [5, 5.41) is 8.29. The molecule has 12 nitrogen and oxygen atoms in total. The van der Waals surface area contributed by atoms with Crippen LogP contribution < -0.4 is 21.7 Å². The molecule has 6 atom stereocenters. The average Bonchev–Trinajstić information content (AvgIpc) is 3.70. The van der Waals surface area contributed by atoms with Crippen LogP contribution in [0.3, 0.4) is 0 Å². The van der Waals surface area contributed by atoms with Gasteiger partial charge in [-0.1, -0.05) is 68.2 Å². The quantitative estimate of drug-likeness (QED) is 0.277. The maximum absolute atomic E-state index is 14.1. The number of rotatable bonds is 10. The molecule has 0 aromatic carbocycles. The number of amides is 6. The molecule has 0 bridgehead atoms. The first-order valence-corrected chi connectivity index (χ1v) is 14.8. The predicted octanol–water partition coefficient (Wildman–Crippen LogP) is 1.03. The van der Waals surface area contributed by atoms with Crippen molar-refractivity contribution in [3.05, 3.63) is 0 Å². The number of hydrogen-bond acceptors (Lipinski definition) is 6. The molecular weight excluding hydrogens is 540 g/mol. The Morgan fingerprint density at radius 1 is 0.905 bits per heavy atom. The van der Waals surface area contributed by atoms with Gasteiger partial charge in [-0.25, -0.2) is 4.79 Å². The molecule has 0 radical (unpaired) electrons. The summed E-state index contributed by atoms with van der Waals surface area (Å²) in [5.41, 5.74) is 3.75. The van der Waals surface area contributed by atoms with E-state index in [4.69, 9.17) is 5.73 Å². The summed E-state index contributed by atoms with van der Waals surface area (Å²) in [6.07, 6.45) is 2.17. The van der Waals surface area contributed by atoms with Crippen LogP contribution in [0.25, 0.3) is 0 Å². The second-order valence-electron chi connectivity index (χ2n) is 15.3. The van der Waals surface area contributed by atoms with Crippen molar-refractivity contribution in [1.29, 1.82) is 0 Å². The van der Waals surface area contributed by atoms with Crippen LogP contribution in [-0.4, -0.2) is 90.1 Å². The van der Waals surface area contributed by atoms with E-state index < -0.39 is 64.5 Å². The molecule has 1 heterocycles. The Morgan fingerprint density at radius 3 is 1.88 bits per heavy atom. The van der Waals surface area contributed by atoms with Crippen molar-refractivity contribution in [3.63, 3.8) is 0 Å². The fourth-order valence-corrected chi connectivity index (χ4v) is 6.19. The number of piperidine rings is 1. The Bertz CT molecular complexity index is 1130. The van der Waals surface area contributed by atoms with Gasteiger partial charge in [-0.15, -0.1) is 0 Å². The molecule has 42 heavy (non-hydrogen) atoms. The molecule has 2 saturated carbocycles. The van der Waals surface area contributed by atoms with E-state index >= 15 is 0 Å². The lowest BCUT2D eigenvalue weighted by Gasteiger charge is -2.38. The minimum Gasteiger partial charge on any atom is -0.363 e. The second-order valence-corrected chi connectivity index (χ2v) is 15.3. The normalized spacial score (nSPS) is 24.9. The summed E-state index contributed by atoms with van der Waals surface area (Å²) < 4.78 is 0. The molecule has 0 aromatic heterocycles. The van der Waals surface area contributed by atoms with Crippen molar-refractivity contribution in [2.45, 2.75) is 98.8 Å². The van der Waals surface area contributed by atoms with E-state index in [1.165, 1.54) is 9.80 Å². The average molecular weight is 591 g/mol. The highest BCUT2D eigenvalue weighted by Gasteiger charge is 2.70. The summed E-state index contributed by atoms with van der Waals surface area (Å²) in [7, 11) is 3.22. The summed E-state index contributed by atoms with van der Waals surface area (Å²) in [4.78, 5) is 81.2. The molecule has 3 fully saturated rings. The van der Waals surface area contributed by atoms with E-state index in [0.717, 1.165) is 12.8 Å². The van der Waals surface area contributed by atoms with Crippen LogP contribution in [0.5, 0.6) is 0 Å². The fraction of sp³-hybridized carbons (Fsp3) is 0.800. The molecule has 3 rings (SSSR count). The Balaban J connectivity index is 1.84. The maximum Gasteiger partial charge on any atom is 0.316 e. The zero-order valence-corrected chi connectivity index (χ0v) is 26.8. The van der Waals surface area contributed by atoms with Gasteiger partial charge in [-0.3, -0.25) is 24.0 Å². The Morgan fingerprint density at radius 2 is 1.43 bits per heavy atom. The molecule has 2 aliphatic carbocycles. The van der Waals surface area contributed by atoms with Crippen molar-refractivity contribution >= 4 is 35.4 Å². The third-order valence-electron chi connectivity index (χ3n) is 9.12. The number of urea groups is 1. The minimum atomic E-state index is -1.10. The van der Waals surface area contributed by atoms with Crippen LogP contribution in [0, 0.1) is 34.0 Å². The number of carbonyl (C=O) groups excluding carboxylic acids is 6. The van der Waals surface area contributed by atoms with Gasteiger partial charge in [0.25, 0.3) is 5.91 Å². The highest BCUT2D eigenvalue weighted by Crippen LogP contribution is 2.65. The largest absolute Gasteiger partial charge is 0.363 e. The molecule has 3 aliphatic rings. The number of ketones is 1. The Hall–Kier alpha value is -3.18. The van der Waals surface area contributed by atoms with E-state index in [1.54, 1.807) is 14.1 Å². The van der Waals surface area contributed by atoms with Crippen molar-refractivity contribution in [2.24, 2.45) is 39.7 Å². The van der Waals surface area contributed by atoms with Crippen molar-refractivity contribution < 1.29 is 28.8 Å². The number of hydrogen-bond donors (Lipinski definition) is 4. The van der Waals surface area contributed by atoms with E-state index in [1.807, 2.05) is 55.4 Å². The van der Waals surface area contributed by atoms with Crippen LogP contribution in [0.1, 0.15) is 74.7 Å². The van der Waals surface area contributed by atoms with E-state index in [2.05, 4.69) is 16.0 Å². The lowest BCUT2D eigenvalue weighted by molar-refractivity contribution is -0.145. The molecule has 1 unspecified atom stereocenters. The molecule has 236 valence electrons. The van der Waals surface area contributed by atoms with Crippen LogP contribution in [0.2, 0.25) is 0 Å². The van der Waals surface area contributed by atoms with E-state index in [9.17, 15) is 28.8 Å². The molecule has 5 N–H and O–H groups in total. The summed E-state index contributed by atoms with van der Waals surface area (Å²) in [5.74, 6) is -2.96. The molecule has 1 saturated heterocycles. The maximum atomic E-state index is 14.1. The minimum absolute atomic E-state index is 0.0725. The highest BCUT2D eigenvalue weighted by atomic mass is 16.2. The van der Waals surface area contributed by atoms with Gasteiger partial charge in [-0.05, 0) is 40.4 Å². The van der Waals surface area contributed by atoms with Crippen molar-refractivity contribution in [1.82, 2.24) is 25.8 Å². The van der Waals surface area contributed by atoms with Gasteiger partial charge >= 0.3 is 6.03 Å². The van der Waals surface area contributed by atoms with Gasteiger partial charge in [0, 0.05) is 20.6 Å². The van der Waals surface area contributed by atoms with Gasteiger partial charge in [0.15, 0.2) is 0 Å². The van der Waals surface area contributed by atoms with Gasteiger partial charge in [-0.2, -0.15) is 0 Å². The van der Waals surface area contributed by atoms with Gasteiger partial charge in [0.1, 0.15) is 18.1 Å². The lowest BCUT2D eigenvalue weighted by Crippen LogP contribution is -2.63. The third kappa shape index (κ3) is 7.06. The predicted molar refractivity (Wildman–Crippen MR) is 157 cm³/mol. The standard InChI is InChI=1S/C30H50N6O6/c1-28(2,3)21(25(40)35(9)10)33-27(42)34-22(29(4,5)6)26(41)36-14-16-18(30(16,7)8)19(36)24(39)32-17(13-15-11-12-15)20(37)23(31)38/h15-19,21-22H,11-14H2,1-10H3,(H2,31,38)(H,32,39)(H2,33,34,42)/t16-,17?,18-,19-,21+,22+/m0/s1. The fourth-order valence-electron chi connectivity index (χ4n) is 6.19. The summed E-state index contributed by atoms with van der Waals surface area (Å²) >= 11 is 0. The number of fused-ring (bicyclic) bond motifs is 1. The number of primary amides is 1. The smallest absolute Gasteiger partial charge is 0.316 e. The highest BCUT2D eigenvalue weighted by molar-refractivity contribution is 6.37. The number of nitrogens with two attached hydrogens (primary N) is 1. The monoisotopic (exact) mass is 590 g/mol. The zero-order chi connectivity index (χ0) is 32.1. The molecule has 0 aromatic rings. The topological polar surface area (TPSA) is 171 Å². The summed E-state index contributed by atoms with van der Waals surface area (Å²) in [6, 6.07) is -4.43. The van der Waals surface area contributed by atoms with Gasteiger partial charge in [0.05, 0.1) is 6.04 Å². The number of Topliss-reactive ketones (excluding diaryl/α,β-unsaturated/α-hetero) is 1. The van der Waals surface area contributed by atoms with Gasteiger partial charge in [0.2, 0.25) is 23.5 Å². The SMILES string of the molecule is CN(C)C(=O)[C@@H](NC(=O)N[C@H](C(=O)N1C[C@H]2[C@@H]([C@H]1C(=O)NC(CC1CC1)C(=O)C(N)=O)C2(C)C)C(C)(C)C)C(C)(C)C. The van der Waals surface area contributed by atoms with Crippen molar-refractivity contribution in [2.75, 3.05) is 20.6 Å². The van der Waals surface area contributed by atoms with Crippen molar-refractivity contribution in [3.8, 4) is 0 Å². The molecule has 1 aliphatic heterocycles. The molecule has 0 spiro atoms. The first-order valence-electron chi connectivity index (χ1n) is 14.8. The molecule has 6 amide bonds. The first-order chi connectivity index (χ1) is 19.1. The summed E-state index contributed by atoms with van der Waals surface area (Å²) in [6.45, 7) is 15.4. The molecule has 12 heteroatoms. The van der Waals surface area contributed by atoms with Crippen LogP contribution >= 0.6 is 0 Å². The molecular formula is C30H50N6O6. The van der Waals surface area contributed by atoms with E-state index in [-0.39, 0.29) is 29.1 Å². The Kier molecular flexibility index (Phi) is 9.11. The van der Waals surface area contributed by atoms with Crippen LogP contribution in [0.4, 0.5) is 4.79 Å². The van der Waals surface area contributed by atoms with E-state index in [0.29, 0.717) is 13.0 Å². The first kappa shape index (κ1) is 33.3. The number of likely N-dealkylation sites (N-methyl/N-ethyl adjacent to an activating group) is 1.